The van der Waals surface area contributed by atoms with Crippen molar-refractivity contribution in [3.63, 3.8) is 0 Å². The number of ether oxygens (including phenoxy) is 1. The molecule has 1 aliphatic heterocycles. The Morgan fingerprint density at radius 3 is 2.80 bits per heavy atom. The smallest absolute Gasteiger partial charge is 0.165 e. The first kappa shape index (κ1) is 10.4. The quantitative estimate of drug-likeness (QED) is 0.808. The zero-order valence-electron chi connectivity index (χ0n) is 9.09. The summed E-state index contributed by atoms with van der Waals surface area (Å²) in [6.07, 6.45) is 1.08. The van der Waals surface area contributed by atoms with Crippen molar-refractivity contribution in [2.24, 2.45) is 5.92 Å². The Hall–Kier alpha value is -1.09. The molecule has 2 rings (SSSR count). The van der Waals surface area contributed by atoms with Gasteiger partial charge in [-0.25, -0.2) is 4.39 Å². The van der Waals surface area contributed by atoms with Crippen LogP contribution in [-0.2, 0) is 0 Å². The third kappa shape index (κ3) is 2.12. The molecule has 0 aliphatic carbocycles. The Morgan fingerprint density at radius 2 is 2.27 bits per heavy atom. The van der Waals surface area contributed by atoms with Crippen molar-refractivity contribution >= 4 is 0 Å². The first-order valence-corrected chi connectivity index (χ1v) is 5.27. The standard InChI is InChI=1S/C12H16FNO/c1-8-5-11(14-7-8)9-3-4-12(15-2)10(13)6-9/h3-4,6,8,11,14H,5,7H2,1-2H3. The number of hydrogen-bond acceptors (Lipinski definition) is 2. The molecule has 1 aromatic rings. The zero-order valence-corrected chi connectivity index (χ0v) is 9.09. The van der Waals surface area contributed by atoms with Crippen molar-refractivity contribution in [1.29, 1.82) is 0 Å². The van der Waals surface area contributed by atoms with E-state index in [0.717, 1.165) is 18.5 Å². The summed E-state index contributed by atoms with van der Waals surface area (Å²) >= 11 is 0. The molecule has 1 aliphatic rings. The summed E-state index contributed by atoms with van der Waals surface area (Å²) in [6, 6.07) is 5.47. The van der Waals surface area contributed by atoms with E-state index in [9.17, 15) is 4.39 Å². The van der Waals surface area contributed by atoms with Gasteiger partial charge in [0.2, 0.25) is 0 Å². The second-order valence-corrected chi connectivity index (χ2v) is 4.20. The first-order chi connectivity index (χ1) is 7.20. The Kier molecular flexibility index (Phi) is 2.91. The molecule has 0 saturated carbocycles. The van der Waals surface area contributed by atoms with E-state index in [0.29, 0.717) is 17.7 Å². The van der Waals surface area contributed by atoms with Crippen molar-refractivity contribution in [1.82, 2.24) is 5.32 Å². The van der Waals surface area contributed by atoms with Crippen molar-refractivity contribution in [3.05, 3.63) is 29.6 Å². The van der Waals surface area contributed by atoms with Gasteiger partial charge in [0.1, 0.15) is 0 Å². The van der Waals surface area contributed by atoms with Gasteiger partial charge in [0, 0.05) is 6.04 Å². The highest BCUT2D eigenvalue weighted by atomic mass is 19.1. The minimum atomic E-state index is -0.281. The molecule has 82 valence electrons. The first-order valence-electron chi connectivity index (χ1n) is 5.27. The van der Waals surface area contributed by atoms with E-state index in [4.69, 9.17) is 4.74 Å². The van der Waals surface area contributed by atoms with E-state index in [1.54, 1.807) is 12.1 Å². The summed E-state index contributed by atoms with van der Waals surface area (Å²) in [7, 11) is 1.48. The van der Waals surface area contributed by atoms with Crippen LogP contribution in [0, 0.1) is 11.7 Å². The molecule has 1 heterocycles. The summed E-state index contributed by atoms with van der Waals surface area (Å²) in [5.74, 6) is 0.696. The van der Waals surface area contributed by atoms with Crippen LogP contribution in [0.3, 0.4) is 0 Å². The fourth-order valence-electron chi connectivity index (χ4n) is 2.07. The highest BCUT2D eigenvalue weighted by Gasteiger charge is 2.22. The summed E-state index contributed by atoms with van der Waals surface area (Å²) < 4.78 is 18.3. The van der Waals surface area contributed by atoms with Crippen LogP contribution in [0.2, 0.25) is 0 Å². The molecule has 0 aromatic heterocycles. The molecule has 1 saturated heterocycles. The number of halogens is 1. The van der Waals surface area contributed by atoms with Gasteiger partial charge in [-0.3, -0.25) is 0 Å². The predicted molar refractivity (Wildman–Crippen MR) is 57.5 cm³/mol. The van der Waals surface area contributed by atoms with Crippen LogP contribution in [0.15, 0.2) is 18.2 Å². The summed E-state index contributed by atoms with van der Waals surface area (Å²) in [5.41, 5.74) is 1.01. The SMILES string of the molecule is COc1ccc(C2CC(C)CN2)cc1F. The third-order valence-electron chi connectivity index (χ3n) is 2.93. The van der Waals surface area contributed by atoms with Gasteiger partial charge >= 0.3 is 0 Å². The van der Waals surface area contributed by atoms with Gasteiger partial charge in [0.15, 0.2) is 11.6 Å². The van der Waals surface area contributed by atoms with Gasteiger partial charge in [0.05, 0.1) is 7.11 Å². The van der Waals surface area contributed by atoms with Crippen LogP contribution in [-0.4, -0.2) is 13.7 Å². The molecular weight excluding hydrogens is 193 g/mol. The van der Waals surface area contributed by atoms with Crippen molar-refractivity contribution < 1.29 is 9.13 Å². The molecule has 1 N–H and O–H groups in total. The maximum Gasteiger partial charge on any atom is 0.165 e. The predicted octanol–water partition coefficient (Wildman–Crippen LogP) is 2.50. The lowest BCUT2D eigenvalue weighted by molar-refractivity contribution is 0.385. The van der Waals surface area contributed by atoms with Gasteiger partial charge in [-0.15, -0.1) is 0 Å². The van der Waals surface area contributed by atoms with Crippen LogP contribution in [0.5, 0.6) is 5.75 Å². The molecule has 15 heavy (non-hydrogen) atoms. The van der Waals surface area contributed by atoms with Gasteiger partial charge in [-0.05, 0) is 36.6 Å². The summed E-state index contributed by atoms with van der Waals surface area (Å²) in [5, 5.41) is 3.38. The van der Waals surface area contributed by atoms with E-state index < -0.39 is 0 Å². The van der Waals surface area contributed by atoms with Crippen molar-refractivity contribution in [2.75, 3.05) is 13.7 Å². The molecule has 3 heteroatoms. The van der Waals surface area contributed by atoms with Crippen molar-refractivity contribution in [3.8, 4) is 5.75 Å². The minimum Gasteiger partial charge on any atom is -0.494 e. The normalized spacial score (nSPS) is 25.5. The second-order valence-electron chi connectivity index (χ2n) is 4.20. The van der Waals surface area contributed by atoms with E-state index in [-0.39, 0.29) is 5.82 Å². The molecule has 2 nitrogen and oxygen atoms in total. The lowest BCUT2D eigenvalue weighted by Crippen LogP contribution is -2.13. The van der Waals surface area contributed by atoms with Gasteiger partial charge in [-0.2, -0.15) is 0 Å². The molecule has 0 spiro atoms. The maximum atomic E-state index is 13.4. The third-order valence-corrected chi connectivity index (χ3v) is 2.93. The van der Waals surface area contributed by atoms with Crippen LogP contribution in [0.25, 0.3) is 0 Å². The molecule has 1 aromatic carbocycles. The Bertz CT molecular complexity index is 353. The lowest BCUT2D eigenvalue weighted by Gasteiger charge is -2.11. The van der Waals surface area contributed by atoms with Crippen LogP contribution >= 0.6 is 0 Å². The van der Waals surface area contributed by atoms with E-state index in [1.165, 1.54) is 7.11 Å². The largest absolute Gasteiger partial charge is 0.494 e. The van der Waals surface area contributed by atoms with Gasteiger partial charge in [-0.1, -0.05) is 13.0 Å². The molecule has 2 unspecified atom stereocenters. The lowest BCUT2D eigenvalue weighted by atomic mass is 10.0. The fourth-order valence-corrected chi connectivity index (χ4v) is 2.07. The zero-order chi connectivity index (χ0) is 10.8. The summed E-state index contributed by atoms with van der Waals surface area (Å²) in [4.78, 5) is 0. The molecule has 2 atom stereocenters. The number of benzene rings is 1. The molecule has 0 bridgehead atoms. The maximum absolute atomic E-state index is 13.4. The Morgan fingerprint density at radius 1 is 1.47 bits per heavy atom. The van der Waals surface area contributed by atoms with Crippen LogP contribution in [0.1, 0.15) is 24.9 Å². The van der Waals surface area contributed by atoms with Crippen molar-refractivity contribution in [2.45, 2.75) is 19.4 Å². The Labute approximate surface area is 89.4 Å². The van der Waals surface area contributed by atoms with Gasteiger partial charge < -0.3 is 10.1 Å². The summed E-state index contributed by atoms with van der Waals surface area (Å²) in [6.45, 7) is 3.21. The average molecular weight is 209 g/mol. The topological polar surface area (TPSA) is 21.3 Å². The number of hydrogen-bond donors (Lipinski definition) is 1. The fraction of sp³-hybridized carbons (Fsp3) is 0.500. The van der Waals surface area contributed by atoms with Gasteiger partial charge in [0.25, 0.3) is 0 Å². The van der Waals surface area contributed by atoms with Crippen LogP contribution < -0.4 is 10.1 Å². The number of rotatable bonds is 2. The molecular formula is C12H16FNO. The minimum absolute atomic E-state index is 0.281. The monoisotopic (exact) mass is 209 g/mol. The second kappa shape index (κ2) is 4.19. The van der Waals surface area contributed by atoms with Crippen LogP contribution in [0.4, 0.5) is 4.39 Å². The number of methoxy groups -OCH3 is 1. The molecule has 0 amide bonds. The highest BCUT2D eigenvalue weighted by Crippen LogP contribution is 2.29. The van der Waals surface area contributed by atoms with E-state index in [2.05, 4.69) is 12.2 Å². The molecule has 0 radical (unpaired) electrons. The van der Waals surface area contributed by atoms with E-state index in [1.807, 2.05) is 6.07 Å². The highest BCUT2D eigenvalue weighted by molar-refractivity contribution is 5.31. The van der Waals surface area contributed by atoms with E-state index >= 15 is 0 Å². The number of nitrogens with one attached hydrogen (secondary N) is 1. The average Bonchev–Trinajstić information content (AvgIpc) is 2.65. The Balaban J connectivity index is 2.19. The molecule has 1 fully saturated rings.